The average Bonchev–Trinajstić information content (AvgIpc) is 2.46. The first-order valence-electron chi connectivity index (χ1n) is 6.88. The van der Waals surface area contributed by atoms with E-state index < -0.39 is 0 Å². The number of hydrogen-bond donors (Lipinski definition) is 1. The van der Waals surface area contributed by atoms with Crippen LogP contribution in [0.25, 0.3) is 0 Å². The maximum Gasteiger partial charge on any atom is 0.137 e. The summed E-state index contributed by atoms with van der Waals surface area (Å²) in [5, 5.41) is 3.88. The number of rotatable bonds is 6. The van der Waals surface area contributed by atoms with Crippen molar-refractivity contribution in [1.29, 1.82) is 0 Å². The summed E-state index contributed by atoms with van der Waals surface area (Å²) >= 11 is 6.08. The minimum absolute atomic E-state index is 0.593. The molecule has 112 valence electrons. The van der Waals surface area contributed by atoms with Crippen LogP contribution in [0.3, 0.4) is 0 Å². The van der Waals surface area contributed by atoms with Gasteiger partial charge in [-0.1, -0.05) is 29.8 Å². The van der Waals surface area contributed by atoms with Crippen LogP contribution in [0, 0.1) is 13.8 Å². The highest BCUT2D eigenvalue weighted by Crippen LogP contribution is 2.27. The Morgan fingerprint density at radius 3 is 2.43 bits per heavy atom. The number of para-hydroxylation sites is 1. The van der Waals surface area contributed by atoms with Crippen LogP contribution in [0.1, 0.15) is 11.1 Å². The molecule has 0 fully saturated rings. The zero-order valence-electron chi connectivity index (χ0n) is 12.6. The predicted octanol–water partition coefficient (Wildman–Crippen LogP) is 4.46. The van der Waals surface area contributed by atoms with Crippen molar-refractivity contribution in [2.24, 2.45) is 0 Å². The summed E-state index contributed by atoms with van der Waals surface area (Å²) in [6.45, 7) is 5.41. The van der Waals surface area contributed by atoms with Crippen LogP contribution in [0.15, 0.2) is 36.4 Å². The molecule has 2 aromatic rings. The number of aryl methyl sites for hydroxylation is 2. The van der Waals surface area contributed by atoms with Gasteiger partial charge in [0.05, 0.1) is 12.1 Å². The van der Waals surface area contributed by atoms with Gasteiger partial charge >= 0.3 is 0 Å². The molecule has 4 heteroatoms. The summed E-state index contributed by atoms with van der Waals surface area (Å²) in [6, 6.07) is 11.8. The van der Waals surface area contributed by atoms with Gasteiger partial charge in [-0.2, -0.15) is 0 Å². The summed E-state index contributed by atoms with van der Waals surface area (Å²) in [5.41, 5.74) is 3.26. The summed E-state index contributed by atoms with van der Waals surface area (Å²) < 4.78 is 11.0. The Kier molecular flexibility index (Phi) is 5.34. The molecular formula is C17H20ClNO2. The fraction of sp³-hybridized carbons (Fsp3) is 0.294. The van der Waals surface area contributed by atoms with E-state index in [-0.39, 0.29) is 0 Å². The molecule has 0 aliphatic heterocycles. The molecule has 0 atom stereocenters. The summed E-state index contributed by atoms with van der Waals surface area (Å²) in [7, 11) is 1.60. The molecule has 0 saturated carbocycles. The molecule has 0 aromatic heterocycles. The van der Waals surface area contributed by atoms with Gasteiger partial charge in [0.2, 0.25) is 0 Å². The number of ether oxygens (including phenoxy) is 2. The molecule has 2 rings (SSSR count). The molecule has 2 aromatic carbocycles. The lowest BCUT2D eigenvalue weighted by molar-refractivity contribution is 0.328. The molecule has 0 aliphatic carbocycles. The van der Waals surface area contributed by atoms with Gasteiger partial charge in [-0.15, -0.1) is 0 Å². The van der Waals surface area contributed by atoms with E-state index in [9.17, 15) is 0 Å². The van der Waals surface area contributed by atoms with Crippen LogP contribution in [-0.4, -0.2) is 20.3 Å². The van der Waals surface area contributed by atoms with Gasteiger partial charge in [-0.05, 0) is 43.2 Å². The maximum absolute atomic E-state index is 6.08. The van der Waals surface area contributed by atoms with Gasteiger partial charge in [-0.3, -0.25) is 0 Å². The second-order valence-corrected chi connectivity index (χ2v) is 5.25. The number of halogens is 1. The lowest BCUT2D eigenvalue weighted by Crippen LogP contribution is -2.12. The highest BCUT2D eigenvalue weighted by molar-refractivity contribution is 6.32. The Bertz CT molecular complexity index is 593. The van der Waals surface area contributed by atoms with E-state index in [1.54, 1.807) is 7.11 Å². The fourth-order valence-electron chi connectivity index (χ4n) is 2.15. The van der Waals surface area contributed by atoms with Gasteiger partial charge in [0.25, 0.3) is 0 Å². The van der Waals surface area contributed by atoms with Crippen LogP contribution < -0.4 is 14.8 Å². The quantitative estimate of drug-likeness (QED) is 0.799. The van der Waals surface area contributed by atoms with Crippen LogP contribution in [0.4, 0.5) is 5.69 Å². The van der Waals surface area contributed by atoms with Crippen molar-refractivity contribution in [1.82, 2.24) is 0 Å². The van der Waals surface area contributed by atoms with Crippen molar-refractivity contribution in [2.75, 3.05) is 25.6 Å². The molecule has 0 heterocycles. The number of nitrogens with one attached hydrogen (secondary N) is 1. The summed E-state index contributed by atoms with van der Waals surface area (Å²) in [5.74, 6) is 1.64. The van der Waals surface area contributed by atoms with Gasteiger partial charge in [0.15, 0.2) is 0 Å². The molecule has 3 nitrogen and oxygen atoms in total. The third-order valence-electron chi connectivity index (χ3n) is 3.24. The van der Waals surface area contributed by atoms with Crippen LogP contribution in [-0.2, 0) is 0 Å². The Labute approximate surface area is 130 Å². The smallest absolute Gasteiger partial charge is 0.137 e. The first-order valence-corrected chi connectivity index (χ1v) is 7.26. The van der Waals surface area contributed by atoms with Gasteiger partial charge in [-0.25, -0.2) is 0 Å². The standard InChI is InChI=1S/C17H20ClNO2/c1-12-5-4-6-13(2)17(12)21-10-9-19-14-7-8-16(20-3)15(18)11-14/h4-8,11,19H,9-10H2,1-3H3. The van der Waals surface area contributed by atoms with Gasteiger partial charge in [0.1, 0.15) is 18.1 Å². The first-order chi connectivity index (χ1) is 10.1. The van der Waals surface area contributed by atoms with E-state index in [0.717, 1.165) is 22.6 Å². The number of methoxy groups -OCH3 is 1. The van der Waals surface area contributed by atoms with Crippen LogP contribution in [0.2, 0.25) is 5.02 Å². The minimum Gasteiger partial charge on any atom is -0.495 e. The Morgan fingerprint density at radius 2 is 1.81 bits per heavy atom. The molecule has 0 radical (unpaired) electrons. The minimum atomic E-state index is 0.593. The van der Waals surface area contributed by atoms with Gasteiger partial charge in [0, 0.05) is 12.2 Å². The third kappa shape index (κ3) is 4.05. The maximum atomic E-state index is 6.08. The number of benzene rings is 2. The van der Waals surface area contributed by atoms with Crippen LogP contribution >= 0.6 is 11.6 Å². The van der Waals surface area contributed by atoms with Crippen molar-refractivity contribution in [3.8, 4) is 11.5 Å². The molecule has 0 bridgehead atoms. The summed E-state index contributed by atoms with van der Waals surface area (Å²) in [4.78, 5) is 0. The molecular weight excluding hydrogens is 286 g/mol. The van der Waals surface area contributed by atoms with Gasteiger partial charge < -0.3 is 14.8 Å². The molecule has 0 unspecified atom stereocenters. The highest BCUT2D eigenvalue weighted by atomic mass is 35.5. The lowest BCUT2D eigenvalue weighted by atomic mass is 10.1. The molecule has 0 amide bonds. The molecule has 0 saturated heterocycles. The SMILES string of the molecule is COc1ccc(NCCOc2c(C)cccc2C)cc1Cl. The largest absolute Gasteiger partial charge is 0.495 e. The van der Waals surface area contributed by atoms with Crippen molar-refractivity contribution >= 4 is 17.3 Å². The number of anilines is 1. The third-order valence-corrected chi connectivity index (χ3v) is 3.53. The van der Waals surface area contributed by atoms with Crippen molar-refractivity contribution < 1.29 is 9.47 Å². The van der Waals surface area contributed by atoms with E-state index in [1.165, 1.54) is 0 Å². The number of hydrogen-bond acceptors (Lipinski definition) is 3. The Hall–Kier alpha value is -1.87. The highest BCUT2D eigenvalue weighted by Gasteiger charge is 2.04. The molecule has 1 N–H and O–H groups in total. The topological polar surface area (TPSA) is 30.5 Å². The lowest BCUT2D eigenvalue weighted by Gasteiger charge is -2.13. The van der Waals surface area contributed by atoms with E-state index in [0.29, 0.717) is 23.9 Å². The monoisotopic (exact) mass is 305 g/mol. The zero-order valence-corrected chi connectivity index (χ0v) is 13.3. The average molecular weight is 306 g/mol. The summed E-state index contributed by atoms with van der Waals surface area (Å²) in [6.07, 6.45) is 0. The second kappa shape index (κ2) is 7.23. The normalized spacial score (nSPS) is 10.3. The van der Waals surface area contributed by atoms with Crippen molar-refractivity contribution in [3.63, 3.8) is 0 Å². The van der Waals surface area contributed by atoms with E-state index in [1.807, 2.05) is 24.3 Å². The molecule has 0 spiro atoms. The van der Waals surface area contributed by atoms with Crippen molar-refractivity contribution in [2.45, 2.75) is 13.8 Å². The van der Waals surface area contributed by atoms with Crippen LogP contribution in [0.5, 0.6) is 11.5 Å². The molecule has 0 aliphatic rings. The first kappa shape index (κ1) is 15.5. The molecule has 21 heavy (non-hydrogen) atoms. The second-order valence-electron chi connectivity index (χ2n) is 4.85. The van der Waals surface area contributed by atoms with E-state index in [2.05, 4.69) is 31.3 Å². The fourth-order valence-corrected chi connectivity index (χ4v) is 2.41. The van der Waals surface area contributed by atoms with Crippen molar-refractivity contribution in [3.05, 3.63) is 52.5 Å². The Morgan fingerprint density at radius 1 is 1.10 bits per heavy atom. The van der Waals surface area contributed by atoms with E-state index >= 15 is 0 Å². The Balaban J connectivity index is 1.86. The van der Waals surface area contributed by atoms with E-state index in [4.69, 9.17) is 21.1 Å². The zero-order chi connectivity index (χ0) is 15.2. The predicted molar refractivity (Wildman–Crippen MR) is 87.9 cm³/mol.